The molecule has 2 aromatic carbocycles. The van der Waals surface area contributed by atoms with Crippen molar-refractivity contribution in [3.8, 4) is 0 Å². The predicted molar refractivity (Wildman–Crippen MR) is 87.9 cm³/mol. The molecule has 0 aliphatic rings. The van der Waals surface area contributed by atoms with Crippen LogP contribution in [-0.4, -0.2) is 11.9 Å². The third kappa shape index (κ3) is 3.75. The van der Waals surface area contributed by atoms with Crippen molar-refractivity contribution in [3.63, 3.8) is 0 Å². The molecule has 4 heteroatoms. The Bertz CT molecular complexity index is 650. The van der Waals surface area contributed by atoms with Gasteiger partial charge in [0.1, 0.15) is 0 Å². The molecule has 0 atom stereocenters. The van der Waals surface area contributed by atoms with Crippen LogP contribution in [0.3, 0.4) is 0 Å². The number of amides is 1. The third-order valence-corrected chi connectivity index (χ3v) is 3.12. The molecule has 2 aromatic rings. The predicted octanol–water partition coefficient (Wildman–Crippen LogP) is 3.46. The van der Waals surface area contributed by atoms with Crippen LogP contribution >= 0.6 is 0 Å². The van der Waals surface area contributed by atoms with Crippen LogP contribution in [0.2, 0.25) is 0 Å². The highest BCUT2D eigenvalue weighted by atomic mass is 16.1. The Morgan fingerprint density at radius 1 is 1.10 bits per heavy atom. The number of rotatable bonds is 4. The molecule has 0 fully saturated rings. The lowest BCUT2D eigenvalue weighted by Crippen LogP contribution is -2.30. The van der Waals surface area contributed by atoms with Crippen LogP contribution in [0.1, 0.15) is 29.8 Å². The molecule has 0 aromatic heterocycles. The summed E-state index contributed by atoms with van der Waals surface area (Å²) in [5.74, 6) is -0.131. The molecule has 0 bridgehead atoms. The van der Waals surface area contributed by atoms with Crippen molar-refractivity contribution < 1.29 is 4.79 Å². The number of benzene rings is 2. The van der Waals surface area contributed by atoms with Gasteiger partial charge >= 0.3 is 0 Å². The summed E-state index contributed by atoms with van der Waals surface area (Å²) < 4.78 is 0. The van der Waals surface area contributed by atoms with Gasteiger partial charge in [-0.15, -0.1) is 0 Å². The van der Waals surface area contributed by atoms with E-state index in [2.05, 4.69) is 10.6 Å². The van der Waals surface area contributed by atoms with E-state index < -0.39 is 0 Å². The molecule has 1 amide bonds. The van der Waals surface area contributed by atoms with Crippen molar-refractivity contribution >= 4 is 23.0 Å². The van der Waals surface area contributed by atoms with E-state index in [1.807, 2.05) is 51.1 Å². The van der Waals surface area contributed by atoms with Gasteiger partial charge in [0.15, 0.2) is 0 Å². The van der Waals surface area contributed by atoms with E-state index in [4.69, 9.17) is 5.73 Å². The zero-order valence-electron chi connectivity index (χ0n) is 12.6. The molecular weight excluding hydrogens is 262 g/mol. The molecule has 0 aliphatic heterocycles. The van der Waals surface area contributed by atoms with E-state index in [9.17, 15) is 4.79 Å². The van der Waals surface area contributed by atoms with Gasteiger partial charge in [0.05, 0.1) is 11.3 Å². The highest BCUT2D eigenvalue weighted by Crippen LogP contribution is 2.25. The van der Waals surface area contributed by atoms with Crippen molar-refractivity contribution in [1.82, 2.24) is 5.32 Å². The van der Waals surface area contributed by atoms with E-state index in [1.54, 1.807) is 12.1 Å². The minimum Gasteiger partial charge on any atom is -0.399 e. The zero-order valence-corrected chi connectivity index (χ0v) is 12.6. The number of hydrogen-bond acceptors (Lipinski definition) is 3. The number of para-hydroxylation sites is 1. The van der Waals surface area contributed by atoms with E-state index in [0.717, 1.165) is 16.9 Å². The summed E-state index contributed by atoms with van der Waals surface area (Å²) in [5.41, 5.74) is 9.76. The first-order chi connectivity index (χ1) is 9.97. The average molecular weight is 283 g/mol. The monoisotopic (exact) mass is 283 g/mol. The molecule has 110 valence electrons. The minimum absolute atomic E-state index is 0.0743. The van der Waals surface area contributed by atoms with Crippen molar-refractivity contribution in [2.75, 3.05) is 11.1 Å². The Hall–Kier alpha value is -2.49. The van der Waals surface area contributed by atoms with Crippen molar-refractivity contribution in [3.05, 3.63) is 53.6 Å². The average Bonchev–Trinajstić information content (AvgIpc) is 2.42. The first-order valence-corrected chi connectivity index (χ1v) is 7.00. The Balaban J connectivity index is 2.35. The van der Waals surface area contributed by atoms with Crippen LogP contribution in [0, 0.1) is 6.92 Å². The normalized spacial score (nSPS) is 10.5. The molecule has 0 saturated heterocycles. The number of carbonyl (C=O) groups is 1. The van der Waals surface area contributed by atoms with Crippen molar-refractivity contribution in [2.45, 2.75) is 26.8 Å². The molecule has 4 nitrogen and oxygen atoms in total. The number of anilines is 3. The first-order valence-electron chi connectivity index (χ1n) is 7.00. The quantitative estimate of drug-likeness (QED) is 0.753. The standard InChI is InChI=1S/C17H21N3O/c1-11(2)19-17(21)14-10-13(18)8-9-16(14)20-15-7-5-4-6-12(15)3/h4-11,20H,18H2,1-3H3,(H,19,21). The van der Waals surface area contributed by atoms with Crippen LogP contribution in [-0.2, 0) is 0 Å². The van der Waals surface area contributed by atoms with Crippen molar-refractivity contribution in [1.29, 1.82) is 0 Å². The first kappa shape index (κ1) is 14.9. The Morgan fingerprint density at radius 3 is 2.48 bits per heavy atom. The lowest BCUT2D eigenvalue weighted by molar-refractivity contribution is 0.0944. The number of nitrogen functional groups attached to an aromatic ring is 1. The molecule has 0 saturated carbocycles. The second-order valence-electron chi connectivity index (χ2n) is 5.37. The maximum Gasteiger partial charge on any atom is 0.253 e. The minimum atomic E-state index is -0.131. The Labute approximate surface area is 125 Å². The Morgan fingerprint density at radius 2 is 1.81 bits per heavy atom. The summed E-state index contributed by atoms with van der Waals surface area (Å²) in [6.07, 6.45) is 0. The second kappa shape index (κ2) is 6.31. The largest absolute Gasteiger partial charge is 0.399 e. The maximum absolute atomic E-state index is 12.3. The van der Waals surface area contributed by atoms with Gasteiger partial charge in [0.2, 0.25) is 0 Å². The zero-order chi connectivity index (χ0) is 15.4. The van der Waals surface area contributed by atoms with Crippen LogP contribution in [0.25, 0.3) is 0 Å². The maximum atomic E-state index is 12.3. The highest BCUT2D eigenvalue weighted by Gasteiger charge is 2.13. The van der Waals surface area contributed by atoms with Gasteiger partial charge in [0, 0.05) is 17.4 Å². The van der Waals surface area contributed by atoms with Crippen LogP contribution in [0.4, 0.5) is 17.1 Å². The smallest absolute Gasteiger partial charge is 0.253 e. The molecule has 0 heterocycles. The highest BCUT2D eigenvalue weighted by molar-refractivity contribution is 6.01. The lowest BCUT2D eigenvalue weighted by atomic mass is 10.1. The van der Waals surface area contributed by atoms with Gasteiger partial charge < -0.3 is 16.4 Å². The van der Waals surface area contributed by atoms with E-state index >= 15 is 0 Å². The molecular formula is C17H21N3O. The van der Waals surface area contributed by atoms with Gasteiger partial charge in [-0.05, 0) is 50.6 Å². The fourth-order valence-electron chi connectivity index (χ4n) is 2.06. The fraction of sp³-hybridized carbons (Fsp3) is 0.235. The molecule has 0 radical (unpaired) electrons. The van der Waals surface area contributed by atoms with Gasteiger partial charge in [-0.1, -0.05) is 18.2 Å². The number of aryl methyl sites for hydroxylation is 1. The molecule has 21 heavy (non-hydrogen) atoms. The SMILES string of the molecule is Cc1ccccc1Nc1ccc(N)cc1C(=O)NC(C)C. The summed E-state index contributed by atoms with van der Waals surface area (Å²) in [4.78, 5) is 12.3. The summed E-state index contributed by atoms with van der Waals surface area (Å²) in [6, 6.07) is 13.3. The molecule has 4 N–H and O–H groups in total. The fourth-order valence-corrected chi connectivity index (χ4v) is 2.06. The number of nitrogens with two attached hydrogens (primary N) is 1. The number of nitrogens with one attached hydrogen (secondary N) is 2. The molecule has 0 aliphatic carbocycles. The van der Waals surface area contributed by atoms with E-state index in [0.29, 0.717) is 11.3 Å². The second-order valence-corrected chi connectivity index (χ2v) is 5.37. The van der Waals surface area contributed by atoms with Crippen LogP contribution < -0.4 is 16.4 Å². The Kier molecular flexibility index (Phi) is 4.48. The topological polar surface area (TPSA) is 67.1 Å². The number of carbonyl (C=O) groups excluding carboxylic acids is 1. The van der Waals surface area contributed by atoms with E-state index in [-0.39, 0.29) is 11.9 Å². The summed E-state index contributed by atoms with van der Waals surface area (Å²) >= 11 is 0. The molecule has 0 unspecified atom stereocenters. The lowest BCUT2D eigenvalue weighted by Gasteiger charge is -2.15. The van der Waals surface area contributed by atoms with Gasteiger partial charge in [-0.3, -0.25) is 4.79 Å². The van der Waals surface area contributed by atoms with Crippen LogP contribution in [0.5, 0.6) is 0 Å². The van der Waals surface area contributed by atoms with Gasteiger partial charge in [-0.2, -0.15) is 0 Å². The summed E-state index contributed by atoms with van der Waals surface area (Å²) in [6.45, 7) is 5.88. The molecule has 0 spiro atoms. The van der Waals surface area contributed by atoms with Gasteiger partial charge in [-0.25, -0.2) is 0 Å². The number of hydrogen-bond donors (Lipinski definition) is 3. The van der Waals surface area contributed by atoms with Crippen molar-refractivity contribution in [2.24, 2.45) is 0 Å². The van der Waals surface area contributed by atoms with Gasteiger partial charge in [0.25, 0.3) is 5.91 Å². The van der Waals surface area contributed by atoms with E-state index in [1.165, 1.54) is 0 Å². The summed E-state index contributed by atoms with van der Waals surface area (Å²) in [7, 11) is 0. The van der Waals surface area contributed by atoms with Crippen LogP contribution in [0.15, 0.2) is 42.5 Å². The summed E-state index contributed by atoms with van der Waals surface area (Å²) in [5, 5.41) is 6.20. The molecule has 2 rings (SSSR count). The third-order valence-electron chi connectivity index (χ3n) is 3.12.